The monoisotopic (exact) mass is 260 g/mol. The first-order valence-electron chi connectivity index (χ1n) is 5.89. The van der Waals surface area contributed by atoms with Crippen LogP contribution in [0.5, 0.6) is 0 Å². The van der Waals surface area contributed by atoms with Gasteiger partial charge >= 0.3 is 11.9 Å². The highest BCUT2D eigenvalue weighted by Gasteiger charge is 2.07. The Labute approximate surface area is 111 Å². The molecule has 4 nitrogen and oxygen atoms in total. The summed E-state index contributed by atoms with van der Waals surface area (Å²) in [4.78, 5) is 21.7. The second-order valence-corrected chi connectivity index (χ2v) is 4.12. The van der Waals surface area contributed by atoms with Crippen LogP contribution in [-0.4, -0.2) is 22.2 Å². The van der Waals surface area contributed by atoms with E-state index in [-0.39, 0.29) is 11.1 Å². The zero-order valence-electron chi connectivity index (χ0n) is 10.7. The summed E-state index contributed by atoms with van der Waals surface area (Å²) in [6.07, 6.45) is 3.99. The van der Waals surface area contributed by atoms with Crippen LogP contribution in [0.15, 0.2) is 53.6 Å². The molecular weight excluding hydrogens is 244 g/mol. The van der Waals surface area contributed by atoms with E-state index in [1.807, 2.05) is 30.3 Å². The highest BCUT2D eigenvalue weighted by Crippen LogP contribution is 2.08. The molecule has 2 N–H and O–H groups in total. The fourth-order valence-electron chi connectivity index (χ4n) is 1.54. The number of hydrogen-bond donors (Lipinski definition) is 2. The first-order valence-corrected chi connectivity index (χ1v) is 5.89. The van der Waals surface area contributed by atoms with Crippen LogP contribution in [0, 0.1) is 0 Å². The molecule has 0 radical (unpaired) electrons. The Morgan fingerprint density at radius 1 is 1.11 bits per heavy atom. The van der Waals surface area contributed by atoms with Gasteiger partial charge in [-0.05, 0) is 31.4 Å². The molecule has 1 aromatic rings. The zero-order chi connectivity index (χ0) is 14.3. The first-order chi connectivity index (χ1) is 9.00. The summed E-state index contributed by atoms with van der Waals surface area (Å²) in [5.74, 6) is -2.23. The molecule has 0 saturated heterocycles. The van der Waals surface area contributed by atoms with Crippen LogP contribution >= 0.6 is 0 Å². The molecule has 0 amide bonds. The Balaban J connectivity index is 2.72. The normalized spacial score (nSPS) is 12.3. The van der Waals surface area contributed by atoms with Crippen LogP contribution in [0.4, 0.5) is 0 Å². The Hall–Kier alpha value is -2.36. The number of aryl methyl sites for hydroxylation is 1. The fraction of sp³-hybridized carbons (Fsp3) is 0.200. The van der Waals surface area contributed by atoms with E-state index in [1.54, 1.807) is 6.08 Å². The molecule has 0 aliphatic carbocycles. The van der Waals surface area contributed by atoms with E-state index >= 15 is 0 Å². The van der Waals surface area contributed by atoms with Gasteiger partial charge in [-0.3, -0.25) is 0 Å². The third-order valence-corrected chi connectivity index (χ3v) is 2.60. The number of carboxylic acid groups (broad SMARTS) is 2. The van der Waals surface area contributed by atoms with Crippen molar-refractivity contribution >= 4 is 11.9 Å². The average molecular weight is 260 g/mol. The number of carboxylic acids is 2. The van der Waals surface area contributed by atoms with Crippen molar-refractivity contribution in [3.8, 4) is 0 Å². The van der Waals surface area contributed by atoms with Crippen LogP contribution in [0.3, 0.4) is 0 Å². The van der Waals surface area contributed by atoms with Gasteiger partial charge in [0, 0.05) is 5.57 Å². The standard InChI is InChI=1S/C15H16O4/c1-11(14(16)17)10-13(15(18)19)9-5-8-12-6-3-2-4-7-12/h2-4,6-7,9-10H,5,8H2,1H3,(H,16,17)(H,18,19). The molecule has 0 aromatic heterocycles. The molecule has 100 valence electrons. The number of allylic oxidation sites excluding steroid dienone is 1. The van der Waals surface area contributed by atoms with E-state index in [1.165, 1.54) is 13.0 Å². The maximum Gasteiger partial charge on any atom is 0.335 e. The molecule has 0 saturated carbocycles. The Bertz CT molecular complexity index is 512. The lowest BCUT2D eigenvalue weighted by molar-refractivity contribution is -0.132. The van der Waals surface area contributed by atoms with E-state index in [4.69, 9.17) is 10.2 Å². The van der Waals surface area contributed by atoms with Crippen molar-refractivity contribution in [2.75, 3.05) is 0 Å². The predicted molar refractivity (Wildman–Crippen MR) is 71.9 cm³/mol. The SMILES string of the molecule is CC(=CC(=CCCc1ccccc1)C(=O)O)C(=O)O. The van der Waals surface area contributed by atoms with Gasteiger partial charge in [0.2, 0.25) is 0 Å². The van der Waals surface area contributed by atoms with Crippen LogP contribution in [0.25, 0.3) is 0 Å². The summed E-state index contributed by atoms with van der Waals surface area (Å²) in [7, 11) is 0. The van der Waals surface area contributed by atoms with Crippen LogP contribution in [-0.2, 0) is 16.0 Å². The van der Waals surface area contributed by atoms with Gasteiger partial charge in [-0.1, -0.05) is 36.4 Å². The van der Waals surface area contributed by atoms with Gasteiger partial charge in [0.25, 0.3) is 0 Å². The Morgan fingerprint density at radius 3 is 2.26 bits per heavy atom. The van der Waals surface area contributed by atoms with Crippen molar-refractivity contribution in [1.82, 2.24) is 0 Å². The van der Waals surface area contributed by atoms with Crippen LogP contribution in [0.2, 0.25) is 0 Å². The molecule has 1 rings (SSSR count). The predicted octanol–water partition coefficient (Wildman–Crippen LogP) is 2.66. The van der Waals surface area contributed by atoms with Crippen molar-refractivity contribution in [3.63, 3.8) is 0 Å². The molecule has 0 fully saturated rings. The van der Waals surface area contributed by atoms with Crippen molar-refractivity contribution in [2.24, 2.45) is 0 Å². The number of benzene rings is 1. The van der Waals surface area contributed by atoms with Crippen molar-refractivity contribution in [3.05, 3.63) is 59.2 Å². The average Bonchev–Trinajstić information content (AvgIpc) is 2.38. The van der Waals surface area contributed by atoms with Crippen LogP contribution < -0.4 is 0 Å². The zero-order valence-corrected chi connectivity index (χ0v) is 10.7. The minimum atomic E-state index is -1.12. The molecule has 0 atom stereocenters. The number of aliphatic carboxylic acids is 2. The number of carbonyl (C=O) groups is 2. The van der Waals surface area contributed by atoms with Gasteiger partial charge in [-0.15, -0.1) is 0 Å². The summed E-state index contributed by atoms with van der Waals surface area (Å²) in [5, 5.41) is 17.7. The molecule has 0 aliphatic rings. The topological polar surface area (TPSA) is 74.6 Å². The molecule has 0 aliphatic heterocycles. The number of rotatable bonds is 6. The quantitative estimate of drug-likeness (QED) is 0.609. The van der Waals surface area contributed by atoms with Crippen molar-refractivity contribution in [2.45, 2.75) is 19.8 Å². The number of hydrogen-bond acceptors (Lipinski definition) is 2. The maximum absolute atomic E-state index is 11.0. The Morgan fingerprint density at radius 2 is 1.74 bits per heavy atom. The third-order valence-electron chi connectivity index (χ3n) is 2.60. The molecule has 19 heavy (non-hydrogen) atoms. The van der Waals surface area contributed by atoms with Gasteiger partial charge in [0.05, 0.1) is 5.57 Å². The molecule has 0 spiro atoms. The maximum atomic E-state index is 11.0. The Kier molecular flexibility index (Phi) is 5.54. The van der Waals surface area contributed by atoms with Gasteiger partial charge in [-0.2, -0.15) is 0 Å². The second kappa shape index (κ2) is 7.16. The van der Waals surface area contributed by atoms with Crippen LogP contribution in [0.1, 0.15) is 18.9 Å². The largest absolute Gasteiger partial charge is 0.478 e. The van der Waals surface area contributed by atoms with Crippen molar-refractivity contribution in [1.29, 1.82) is 0 Å². The summed E-state index contributed by atoms with van der Waals surface area (Å²) < 4.78 is 0. The summed E-state index contributed by atoms with van der Waals surface area (Å²) in [6, 6.07) is 9.69. The van der Waals surface area contributed by atoms with E-state index in [0.717, 1.165) is 12.0 Å². The lowest BCUT2D eigenvalue weighted by Crippen LogP contribution is -2.02. The minimum absolute atomic E-state index is 0.00774. The van der Waals surface area contributed by atoms with Gasteiger partial charge in [0.1, 0.15) is 0 Å². The van der Waals surface area contributed by atoms with Crippen molar-refractivity contribution < 1.29 is 19.8 Å². The summed E-state index contributed by atoms with van der Waals surface area (Å²) >= 11 is 0. The highest BCUT2D eigenvalue weighted by molar-refractivity contribution is 5.94. The highest BCUT2D eigenvalue weighted by atomic mass is 16.4. The van der Waals surface area contributed by atoms with E-state index < -0.39 is 11.9 Å². The third kappa shape index (κ3) is 5.21. The molecule has 0 unspecified atom stereocenters. The molecule has 0 bridgehead atoms. The van der Waals surface area contributed by atoms with Gasteiger partial charge in [0.15, 0.2) is 0 Å². The first kappa shape index (κ1) is 14.7. The fourth-order valence-corrected chi connectivity index (χ4v) is 1.54. The van der Waals surface area contributed by atoms with E-state index in [9.17, 15) is 9.59 Å². The lowest BCUT2D eigenvalue weighted by atomic mass is 10.1. The van der Waals surface area contributed by atoms with Gasteiger partial charge < -0.3 is 10.2 Å². The molecule has 1 aromatic carbocycles. The molecule has 0 heterocycles. The lowest BCUT2D eigenvalue weighted by Gasteiger charge is -2.00. The summed E-state index contributed by atoms with van der Waals surface area (Å²) in [6.45, 7) is 1.37. The molecular formula is C15H16O4. The molecule has 4 heteroatoms. The minimum Gasteiger partial charge on any atom is -0.478 e. The van der Waals surface area contributed by atoms with Gasteiger partial charge in [-0.25, -0.2) is 9.59 Å². The smallest absolute Gasteiger partial charge is 0.335 e. The second-order valence-electron chi connectivity index (χ2n) is 4.12. The summed E-state index contributed by atoms with van der Waals surface area (Å²) in [5.41, 5.74) is 1.13. The van der Waals surface area contributed by atoms with E-state index in [0.29, 0.717) is 6.42 Å². The van der Waals surface area contributed by atoms with E-state index in [2.05, 4.69) is 0 Å².